The van der Waals surface area contributed by atoms with Crippen LogP contribution in [0.3, 0.4) is 0 Å². The molecule has 2 heteroatoms. The zero-order valence-electron chi connectivity index (χ0n) is 14.4. The third kappa shape index (κ3) is 2.47. The van der Waals surface area contributed by atoms with Gasteiger partial charge in [-0.3, -0.25) is 4.79 Å². The van der Waals surface area contributed by atoms with Crippen molar-refractivity contribution in [2.24, 2.45) is 16.7 Å². The number of ketones is 1. The third-order valence-corrected chi connectivity index (χ3v) is 6.42. The van der Waals surface area contributed by atoms with Gasteiger partial charge >= 0.3 is 0 Å². The van der Waals surface area contributed by atoms with Gasteiger partial charge in [0.25, 0.3) is 0 Å². The van der Waals surface area contributed by atoms with Crippen molar-refractivity contribution in [2.75, 3.05) is 0 Å². The Balaban J connectivity index is 1.93. The maximum Gasteiger partial charge on any atom is 0.158 e. The largest absolute Gasteiger partial charge is 0.472 e. The van der Waals surface area contributed by atoms with Gasteiger partial charge in [0.1, 0.15) is 0 Å². The van der Waals surface area contributed by atoms with Crippen LogP contribution in [0.2, 0.25) is 0 Å². The highest BCUT2D eigenvalue weighted by atomic mass is 16.3. The van der Waals surface area contributed by atoms with E-state index in [4.69, 9.17) is 4.42 Å². The molecule has 3 rings (SSSR count). The Morgan fingerprint density at radius 3 is 2.68 bits per heavy atom. The smallest absolute Gasteiger partial charge is 0.158 e. The summed E-state index contributed by atoms with van der Waals surface area (Å²) in [5.74, 6) is 0.865. The van der Waals surface area contributed by atoms with E-state index in [1.54, 1.807) is 6.26 Å². The molecule has 2 nitrogen and oxygen atoms in total. The first-order valence-electron chi connectivity index (χ1n) is 8.59. The molecule has 1 heterocycles. The van der Waals surface area contributed by atoms with Crippen molar-refractivity contribution in [3.05, 3.63) is 35.3 Å². The summed E-state index contributed by atoms with van der Waals surface area (Å²) in [7, 11) is 0. The van der Waals surface area contributed by atoms with Gasteiger partial charge < -0.3 is 4.42 Å². The fraction of sp³-hybridized carbons (Fsp3) is 0.650. The van der Waals surface area contributed by atoms with Gasteiger partial charge in [-0.1, -0.05) is 32.8 Å². The summed E-state index contributed by atoms with van der Waals surface area (Å²) in [6.07, 6.45) is 10.0. The fourth-order valence-corrected chi connectivity index (χ4v) is 5.10. The molecule has 0 unspecified atom stereocenters. The number of rotatable bonds is 3. The van der Waals surface area contributed by atoms with Crippen molar-refractivity contribution >= 4 is 5.78 Å². The standard InChI is InChI=1S/C20H28O2/c1-14-16(7-6-15-8-11-22-13-15)20(4)10-5-9-19(2,3)18(20)12-17(14)21/h8,11,13,18H,5-7,9-10,12H2,1-4H3/t18-,20-/m1/s1. The van der Waals surface area contributed by atoms with Crippen LogP contribution in [-0.2, 0) is 11.2 Å². The number of Topliss-reactive ketones (excluding diaryl/α,β-unsaturated/α-hetero) is 1. The highest BCUT2D eigenvalue weighted by molar-refractivity contribution is 5.97. The first kappa shape index (κ1) is 15.6. The van der Waals surface area contributed by atoms with Crippen LogP contribution in [0.4, 0.5) is 0 Å². The van der Waals surface area contributed by atoms with E-state index in [-0.39, 0.29) is 10.8 Å². The molecule has 0 aromatic carbocycles. The summed E-state index contributed by atoms with van der Waals surface area (Å²) in [5.41, 5.74) is 4.16. The Morgan fingerprint density at radius 2 is 2.00 bits per heavy atom. The second-order valence-electron chi connectivity index (χ2n) is 8.17. The highest BCUT2D eigenvalue weighted by Gasteiger charge is 2.51. The van der Waals surface area contributed by atoms with E-state index in [0.717, 1.165) is 24.8 Å². The van der Waals surface area contributed by atoms with Gasteiger partial charge in [-0.05, 0) is 66.6 Å². The Bertz CT molecular complexity index is 591. The predicted octanol–water partition coefficient (Wildman–Crippen LogP) is 5.33. The van der Waals surface area contributed by atoms with Gasteiger partial charge in [0, 0.05) is 6.42 Å². The van der Waals surface area contributed by atoms with E-state index in [0.29, 0.717) is 11.7 Å². The average Bonchev–Trinajstić information content (AvgIpc) is 2.94. The van der Waals surface area contributed by atoms with Crippen LogP contribution in [0.5, 0.6) is 0 Å². The lowest BCUT2D eigenvalue weighted by Gasteiger charge is -2.54. The first-order valence-corrected chi connectivity index (χ1v) is 8.59. The van der Waals surface area contributed by atoms with E-state index in [9.17, 15) is 4.79 Å². The van der Waals surface area contributed by atoms with Crippen molar-refractivity contribution in [2.45, 2.75) is 66.2 Å². The molecule has 22 heavy (non-hydrogen) atoms. The molecule has 1 aromatic heterocycles. The number of furan rings is 1. The number of fused-ring (bicyclic) bond motifs is 1. The SMILES string of the molecule is CC1=C(CCc2ccoc2)[C@@]2(C)CCCC(C)(C)[C@H]2CC1=O. The molecule has 0 aliphatic heterocycles. The van der Waals surface area contributed by atoms with Crippen molar-refractivity contribution in [1.82, 2.24) is 0 Å². The topological polar surface area (TPSA) is 30.2 Å². The molecule has 0 radical (unpaired) electrons. The molecule has 2 aliphatic rings. The molecular formula is C20H28O2. The van der Waals surface area contributed by atoms with Crippen LogP contribution in [-0.4, -0.2) is 5.78 Å². The molecule has 0 saturated heterocycles. The third-order valence-electron chi connectivity index (χ3n) is 6.42. The molecule has 0 N–H and O–H groups in total. The van der Waals surface area contributed by atoms with E-state index < -0.39 is 0 Å². The lowest BCUT2D eigenvalue weighted by Crippen LogP contribution is -2.47. The van der Waals surface area contributed by atoms with Gasteiger partial charge in [0.2, 0.25) is 0 Å². The Kier molecular flexibility index (Phi) is 3.82. The predicted molar refractivity (Wildman–Crippen MR) is 88.6 cm³/mol. The van der Waals surface area contributed by atoms with Gasteiger partial charge in [-0.15, -0.1) is 0 Å². The van der Waals surface area contributed by atoms with Gasteiger partial charge in [0.05, 0.1) is 12.5 Å². The second-order valence-corrected chi connectivity index (χ2v) is 8.17. The monoisotopic (exact) mass is 300 g/mol. The summed E-state index contributed by atoms with van der Waals surface area (Å²) in [6.45, 7) is 9.18. The van der Waals surface area contributed by atoms with E-state index in [1.807, 2.05) is 12.3 Å². The summed E-state index contributed by atoms with van der Waals surface area (Å²) in [4.78, 5) is 12.6. The van der Waals surface area contributed by atoms with Gasteiger partial charge in [0.15, 0.2) is 5.78 Å². The normalized spacial score (nSPS) is 31.3. The first-order chi connectivity index (χ1) is 10.3. The van der Waals surface area contributed by atoms with E-state index in [2.05, 4.69) is 27.7 Å². The summed E-state index contributed by atoms with van der Waals surface area (Å²) in [5, 5.41) is 0. The molecule has 120 valence electrons. The summed E-state index contributed by atoms with van der Waals surface area (Å²) >= 11 is 0. The number of aryl methyl sites for hydroxylation is 1. The van der Waals surface area contributed by atoms with Crippen molar-refractivity contribution in [3.63, 3.8) is 0 Å². The average molecular weight is 300 g/mol. The minimum Gasteiger partial charge on any atom is -0.472 e. The van der Waals surface area contributed by atoms with Crippen LogP contribution < -0.4 is 0 Å². The van der Waals surface area contributed by atoms with Crippen molar-refractivity contribution in [1.29, 1.82) is 0 Å². The van der Waals surface area contributed by atoms with Gasteiger partial charge in [-0.2, -0.15) is 0 Å². The molecule has 1 saturated carbocycles. The molecule has 1 aromatic rings. The van der Waals surface area contributed by atoms with Crippen LogP contribution in [0, 0.1) is 16.7 Å². The van der Waals surface area contributed by atoms with Crippen molar-refractivity contribution in [3.8, 4) is 0 Å². The zero-order valence-corrected chi connectivity index (χ0v) is 14.4. The number of carbonyl (C=O) groups is 1. The van der Waals surface area contributed by atoms with Crippen LogP contribution in [0.1, 0.15) is 65.4 Å². The Morgan fingerprint density at radius 1 is 1.23 bits per heavy atom. The Labute approximate surface area is 134 Å². The molecule has 2 aliphatic carbocycles. The maximum absolute atomic E-state index is 12.6. The Hall–Kier alpha value is -1.31. The maximum atomic E-state index is 12.6. The van der Waals surface area contributed by atoms with Crippen LogP contribution in [0.15, 0.2) is 34.2 Å². The lowest BCUT2D eigenvalue weighted by atomic mass is 9.49. The van der Waals surface area contributed by atoms with Crippen LogP contribution in [0.25, 0.3) is 0 Å². The number of carbonyl (C=O) groups excluding carboxylic acids is 1. The molecule has 0 amide bonds. The number of hydrogen-bond acceptors (Lipinski definition) is 2. The number of allylic oxidation sites excluding steroid dienone is 2. The number of hydrogen-bond donors (Lipinski definition) is 0. The summed E-state index contributed by atoms with van der Waals surface area (Å²) < 4.78 is 5.18. The molecule has 1 fully saturated rings. The second kappa shape index (κ2) is 5.40. The zero-order chi connectivity index (χ0) is 16.0. The lowest BCUT2D eigenvalue weighted by molar-refractivity contribution is -0.122. The minimum absolute atomic E-state index is 0.198. The van der Waals surface area contributed by atoms with Crippen molar-refractivity contribution < 1.29 is 9.21 Å². The van der Waals surface area contributed by atoms with Crippen LogP contribution >= 0.6 is 0 Å². The van der Waals surface area contributed by atoms with E-state index in [1.165, 1.54) is 30.4 Å². The minimum atomic E-state index is 0.198. The highest BCUT2D eigenvalue weighted by Crippen LogP contribution is 2.59. The molecule has 2 atom stereocenters. The fourth-order valence-electron chi connectivity index (χ4n) is 5.10. The summed E-state index contributed by atoms with van der Waals surface area (Å²) in [6, 6.07) is 2.03. The molecule has 0 bridgehead atoms. The molecular weight excluding hydrogens is 272 g/mol. The quantitative estimate of drug-likeness (QED) is 0.754. The van der Waals surface area contributed by atoms with E-state index >= 15 is 0 Å². The molecule has 0 spiro atoms. The van der Waals surface area contributed by atoms with Gasteiger partial charge in [-0.25, -0.2) is 0 Å².